The maximum Gasteiger partial charge on any atom is 0.413 e. The molecule has 17 nitrogen and oxygen atoms in total. The number of fused-ring (bicyclic) bond motifs is 1. The molecule has 1 fully saturated rings. The smallest absolute Gasteiger partial charge is 0.413 e. The van der Waals surface area contributed by atoms with E-state index < -0.39 is 63.4 Å². The van der Waals surface area contributed by atoms with Gasteiger partial charge in [-0.25, -0.2) is 14.6 Å². The van der Waals surface area contributed by atoms with Gasteiger partial charge in [-0.3, -0.25) is 24.0 Å². The fourth-order valence-corrected chi connectivity index (χ4v) is 12.8. The molecule has 3 atom stereocenters. The molecule has 0 saturated carbocycles. The Morgan fingerprint density at radius 1 is 0.822 bits per heavy atom. The van der Waals surface area contributed by atoms with Crippen LogP contribution in [0.15, 0.2) is 178 Å². The summed E-state index contributed by atoms with van der Waals surface area (Å²) in [6, 6.07) is 45.1. The second kappa shape index (κ2) is 22.1. The second-order valence-corrected chi connectivity index (χ2v) is 22.2. The van der Waals surface area contributed by atoms with Gasteiger partial charge in [-0.2, -0.15) is 4.80 Å². The zero-order valence-electron chi connectivity index (χ0n) is 39.7. The standard InChI is InChI=1S/C52H47N9O8S4/c1-51(2,3)68-50(65)55-48-53-38(30-70-48)40(58-69-52(35-24-14-7-15-25-35,36-26-16-8-17-27-36)37-28-18-9-19-29-37)44(62)54-41-45(63)61-42(39(31-73(66)46(41)61)71-32-72-49-56-59-60(4)57-49)47(64)67-43(33-20-10-5-11-21-33)34-22-12-6-13-23-34/h5-30,41,43,46H,31-32H2,1-4H3,(H,54,62)(H,53,55,65)/b58-40+/t41-,46-,73?/m1/s1. The van der Waals surface area contributed by atoms with E-state index in [4.69, 9.17) is 14.3 Å². The number of amides is 3. The van der Waals surface area contributed by atoms with Gasteiger partial charge in [0.25, 0.3) is 11.8 Å². The van der Waals surface area contributed by atoms with Gasteiger partial charge in [0, 0.05) is 27.0 Å². The van der Waals surface area contributed by atoms with Crippen molar-refractivity contribution in [2.24, 2.45) is 12.2 Å². The molecule has 1 unspecified atom stereocenters. The van der Waals surface area contributed by atoms with Crippen molar-refractivity contribution in [1.29, 1.82) is 0 Å². The van der Waals surface area contributed by atoms with Crippen LogP contribution in [0.1, 0.15) is 60.4 Å². The number of nitrogens with one attached hydrogen (secondary N) is 2. The number of hydrogen-bond acceptors (Lipinski definition) is 16. The van der Waals surface area contributed by atoms with Gasteiger partial charge >= 0.3 is 12.1 Å². The molecule has 2 N–H and O–H groups in total. The number of benzene rings is 5. The summed E-state index contributed by atoms with van der Waals surface area (Å²) in [4.78, 5) is 71.4. The number of nitrogens with zero attached hydrogens (tertiary/aromatic N) is 7. The average Bonchev–Trinajstić information content (AvgIpc) is 4.04. The van der Waals surface area contributed by atoms with Crippen molar-refractivity contribution in [2.75, 3.05) is 16.2 Å². The third-order valence-electron chi connectivity index (χ3n) is 11.3. The summed E-state index contributed by atoms with van der Waals surface area (Å²) in [6.45, 7) is 5.16. The van der Waals surface area contributed by atoms with Gasteiger partial charge in [0.2, 0.25) is 10.8 Å². The van der Waals surface area contributed by atoms with E-state index in [0.29, 0.717) is 37.9 Å². The third-order valence-corrected chi connectivity index (χ3v) is 15.9. The van der Waals surface area contributed by atoms with Gasteiger partial charge < -0.3 is 19.6 Å². The van der Waals surface area contributed by atoms with Crippen molar-refractivity contribution >= 4 is 80.4 Å². The van der Waals surface area contributed by atoms with Crippen molar-refractivity contribution in [3.63, 3.8) is 0 Å². The SMILES string of the molecule is Cn1nnc(SCSC2=C(C(=O)OC(c3ccccc3)c3ccccc3)N3C(=O)[C@@H](NC(=O)/C(=N/OC(c4ccccc4)(c4ccccc4)c4ccccc4)c4csc(NC(=O)OC(C)(C)C)n4)[C@H]3S(=O)C2)n1. The lowest BCUT2D eigenvalue weighted by Gasteiger charge is -2.49. The van der Waals surface area contributed by atoms with Gasteiger partial charge in [0.05, 0.1) is 28.7 Å². The van der Waals surface area contributed by atoms with E-state index in [2.05, 4.69) is 36.2 Å². The molecule has 2 aliphatic rings. The average molecular weight is 1050 g/mol. The fourth-order valence-electron chi connectivity index (χ4n) is 8.10. The fraction of sp³-hybridized carbons (Fsp3) is 0.212. The first-order chi connectivity index (χ1) is 35.3. The number of anilines is 1. The van der Waals surface area contributed by atoms with E-state index in [1.807, 2.05) is 152 Å². The Kier molecular flexibility index (Phi) is 15.3. The van der Waals surface area contributed by atoms with Crippen LogP contribution in [0.25, 0.3) is 0 Å². The first-order valence-corrected chi connectivity index (χ1v) is 27.0. The third kappa shape index (κ3) is 11.3. The van der Waals surface area contributed by atoms with E-state index in [9.17, 15) is 23.4 Å². The van der Waals surface area contributed by atoms with Crippen LogP contribution < -0.4 is 10.6 Å². The Morgan fingerprint density at radius 2 is 1.37 bits per heavy atom. The molecule has 0 aliphatic carbocycles. The number of thiazole rings is 1. The summed E-state index contributed by atoms with van der Waals surface area (Å²) in [5, 5.41) is 23.2. The van der Waals surface area contributed by atoms with Crippen LogP contribution >= 0.6 is 34.9 Å². The number of ether oxygens (including phenoxy) is 2. The van der Waals surface area contributed by atoms with Gasteiger partial charge in [-0.05, 0) is 37.1 Å². The maximum atomic E-state index is 15.0. The van der Waals surface area contributed by atoms with E-state index in [-0.39, 0.29) is 33.1 Å². The highest BCUT2D eigenvalue weighted by Crippen LogP contribution is 2.43. The van der Waals surface area contributed by atoms with Crippen molar-refractivity contribution in [3.05, 3.63) is 201 Å². The van der Waals surface area contributed by atoms with Crippen LogP contribution in [0, 0.1) is 0 Å². The quantitative estimate of drug-likeness (QED) is 0.0168. The van der Waals surface area contributed by atoms with Crippen molar-refractivity contribution in [1.82, 2.24) is 35.4 Å². The minimum atomic E-state index is -1.85. The summed E-state index contributed by atoms with van der Waals surface area (Å²) in [5.74, 6) is -2.60. The molecule has 4 heterocycles. The van der Waals surface area contributed by atoms with Crippen molar-refractivity contribution in [2.45, 2.75) is 54.6 Å². The Labute approximate surface area is 435 Å². The molecular formula is C52H47N9O8S4. The van der Waals surface area contributed by atoms with Crippen molar-refractivity contribution in [3.8, 4) is 0 Å². The van der Waals surface area contributed by atoms with Gasteiger partial charge in [-0.15, -0.1) is 33.3 Å². The van der Waals surface area contributed by atoms with Gasteiger partial charge in [0.15, 0.2) is 16.9 Å². The molecule has 0 spiro atoms. The molecular weight excluding hydrogens is 1010 g/mol. The number of esters is 1. The zero-order valence-corrected chi connectivity index (χ0v) is 43.0. The molecule has 2 aromatic heterocycles. The molecule has 0 radical (unpaired) electrons. The van der Waals surface area contributed by atoms with E-state index in [0.717, 1.165) is 16.2 Å². The molecule has 0 bridgehead atoms. The number of oxime groups is 1. The summed E-state index contributed by atoms with van der Waals surface area (Å²) in [5.41, 5.74) is 0.672. The number of carbonyl (C=O) groups excluding carboxylic acids is 4. The Hall–Kier alpha value is -7.46. The number of aryl methyl sites for hydroxylation is 1. The minimum Gasteiger partial charge on any atom is -0.448 e. The lowest BCUT2D eigenvalue weighted by molar-refractivity contribution is -0.154. The highest BCUT2D eigenvalue weighted by atomic mass is 32.2. The highest BCUT2D eigenvalue weighted by molar-refractivity contribution is 8.18. The molecule has 73 heavy (non-hydrogen) atoms. The lowest BCUT2D eigenvalue weighted by Crippen LogP contribution is -2.74. The Morgan fingerprint density at radius 3 is 1.89 bits per heavy atom. The molecule has 21 heteroatoms. The van der Waals surface area contributed by atoms with Crippen LogP contribution in [-0.2, 0) is 52.1 Å². The van der Waals surface area contributed by atoms with Crippen LogP contribution in [0.4, 0.5) is 9.93 Å². The van der Waals surface area contributed by atoms with E-state index >= 15 is 0 Å². The number of carbonyl (C=O) groups is 4. The molecule has 1 saturated heterocycles. The van der Waals surface area contributed by atoms with E-state index in [1.54, 1.807) is 27.8 Å². The minimum absolute atomic E-state index is 0.0177. The molecule has 2 aliphatic heterocycles. The first-order valence-electron chi connectivity index (χ1n) is 22.7. The Balaban J connectivity index is 1.07. The summed E-state index contributed by atoms with van der Waals surface area (Å²) < 4.78 is 26.2. The zero-order chi connectivity index (χ0) is 51.1. The number of β-lactam (4-membered cyclic amide) rings is 1. The summed E-state index contributed by atoms with van der Waals surface area (Å²) in [6.07, 6.45) is -1.64. The van der Waals surface area contributed by atoms with Crippen molar-refractivity contribution < 1.29 is 37.7 Å². The molecule has 372 valence electrons. The topological polar surface area (TPSA) is 209 Å². The normalized spacial score (nSPS) is 16.8. The highest BCUT2D eigenvalue weighted by Gasteiger charge is 2.58. The number of hydrogen-bond donors (Lipinski definition) is 2. The predicted octanol–water partition coefficient (Wildman–Crippen LogP) is 8.17. The number of aromatic nitrogens is 5. The summed E-state index contributed by atoms with van der Waals surface area (Å²) in [7, 11) is -0.214. The number of thioether (sulfide) groups is 2. The second-order valence-electron chi connectivity index (χ2n) is 17.4. The van der Waals surface area contributed by atoms with Gasteiger partial charge in [0.1, 0.15) is 28.4 Å². The largest absolute Gasteiger partial charge is 0.448 e. The van der Waals surface area contributed by atoms with Crippen LogP contribution in [0.3, 0.4) is 0 Å². The molecule has 7 aromatic rings. The molecule has 3 amide bonds. The van der Waals surface area contributed by atoms with Crippen LogP contribution in [0.5, 0.6) is 0 Å². The monoisotopic (exact) mass is 1050 g/mol. The van der Waals surface area contributed by atoms with Crippen LogP contribution in [0.2, 0.25) is 0 Å². The number of rotatable bonds is 17. The summed E-state index contributed by atoms with van der Waals surface area (Å²) >= 11 is 3.45. The number of tetrazole rings is 1. The van der Waals surface area contributed by atoms with E-state index in [1.165, 1.54) is 33.7 Å². The molecule has 5 aromatic carbocycles. The maximum absolute atomic E-state index is 15.0. The van der Waals surface area contributed by atoms with Gasteiger partial charge in [-0.1, -0.05) is 169 Å². The first kappa shape index (κ1) is 50.5. The predicted molar refractivity (Wildman–Crippen MR) is 279 cm³/mol. The lowest BCUT2D eigenvalue weighted by atomic mass is 9.80. The molecule has 9 rings (SSSR count). The van der Waals surface area contributed by atoms with Crippen LogP contribution in [-0.4, -0.2) is 91.7 Å². The Bertz CT molecular complexity index is 3060.